The third-order valence-corrected chi connectivity index (χ3v) is 11.6. The van der Waals surface area contributed by atoms with Crippen LogP contribution in [0.25, 0.3) is 44.5 Å². The molecule has 4 aromatic heterocycles. The fourth-order valence-electron chi connectivity index (χ4n) is 7.81. The maximum atomic E-state index is 16.3. The highest BCUT2D eigenvalue weighted by Crippen LogP contribution is 2.46. The van der Waals surface area contributed by atoms with Gasteiger partial charge in [-0.15, -0.1) is 10.2 Å². The number of hydrogen-bond donors (Lipinski definition) is 2. The second kappa shape index (κ2) is 11.8. The third kappa shape index (κ3) is 5.63. The zero-order chi connectivity index (χ0) is 37.0. The summed E-state index contributed by atoms with van der Waals surface area (Å²) in [6.45, 7) is 4.57. The number of amides is 1. The average Bonchev–Trinajstić information content (AvgIpc) is 3.84. The number of hydrogen-bond acceptors (Lipinski definition) is 6. The van der Waals surface area contributed by atoms with Crippen molar-refractivity contribution in [3.8, 4) is 22.4 Å². The van der Waals surface area contributed by atoms with E-state index < -0.39 is 28.2 Å². The molecule has 256 valence electrons. The molecule has 11 nitrogen and oxygen atoms in total. The van der Waals surface area contributed by atoms with Gasteiger partial charge in [0.25, 0.3) is 0 Å². The van der Waals surface area contributed by atoms with Crippen LogP contribution in [0.4, 0.5) is 9.18 Å². The number of carbonyl (C=O) groups excluding carboxylic acids is 1. The Labute approximate surface area is 303 Å². The van der Waals surface area contributed by atoms with Gasteiger partial charge >= 0.3 is 11.8 Å². The number of nitrogens with zero attached hydrogens (tertiary/aromatic N) is 5. The minimum absolute atomic E-state index is 0.146. The summed E-state index contributed by atoms with van der Waals surface area (Å²) >= 11 is 0. The van der Waals surface area contributed by atoms with E-state index >= 15 is 4.39 Å². The number of H-pyrrole nitrogens is 1. The molecule has 5 aromatic rings. The second-order valence-electron chi connectivity index (χ2n) is 17.3. The number of aromatic nitrogens is 6. The fraction of sp³-hybridized carbons (Fsp3) is 0.419. The molecule has 2 aliphatic rings. The van der Waals surface area contributed by atoms with Gasteiger partial charge in [0.1, 0.15) is 44.9 Å². The van der Waals surface area contributed by atoms with Gasteiger partial charge in [-0.25, -0.2) is 14.6 Å². The molecule has 1 amide bonds. The van der Waals surface area contributed by atoms with Gasteiger partial charge in [-0.1, -0.05) is 12.1 Å². The number of benzene rings is 1. The summed E-state index contributed by atoms with van der Waals surface area (Å²) in [5.74, 6) is -0.598. The topological polar surface area (TPSA) is 121 Å². The van der Waals surface area contributed by atoms with Crippen molar-refractivity contribution in [3.05, 3.63) is 58.2 Å². The van der Waals surface area contributed by atoms with Crippen LogP contribution >= 0.6 is 0 Å². The van der Waals surface area contributed by atoms with E-state index in [1.807, 2.05) is 28.1 Å². The Bertz CT molecular complexity index is 2290. The Morgan fingerprint density at radius 1 is 1.14 bits per heavy atom. The Morgan fingerprint density at radius 3 is 2.53 bits per heavy atom. The minimum Gasteiger partial charge on any atom is -0.453 e. The SMILES string of the molecule is BC(B)(B)n1c(=O)n([C@@H]2CC[C@@H](NC(=O)OC)C2)c2c3c(-c4ccc5c(c4)COC5(C)C)c(-c4cn(C(B)(B)C(B)(B)B)nc4F)[nH]c3ncc21. The van der Waals surface area contributed by atoms with Crippen molar-refractivity contribution in [1.29, 1.82) is 0 Å². The normalized spacial score (nSPS) is 19.1. The van der Waals surface area contributed by atoms with Gasteiger partial charge in [-0.3, -0.25) is 9.25 Å². The minimum atomic E-state index is -0.598. The largest absolute Gasteiger partial charge is 0.453 e. The van der Waals surface area contributed by atoms with Crippen LogP contribution in [0.1, 0.15) is 50.3 Å². The van der Waals surface area contributed by atoms with E-state index in [4.69, 9.17) is 14.5 Å². The lowest BCUT2D eigenvalue weighted by Gasteiger charge is -2.40. The lowest BCUT2D eigenvalue weighted by molar-refractivity contribution is -0.00789. The van der Waals surface area contributed by atoms with Crippen molar-refractivity contribution >= 4 is 90.9 Å². The number of alkyl carbamates (subject to hydrolysis) is 1. The number of pyridine rings is 1. The van der Waals surface area contributed by atoms with Crippen LogP contribution in [0.3, 0.4) is 0 Å². The summed E-state index contributed by atoms with van der Waals surface area (Å²) < 4.78 is 32.7. The Hall–Kier alpha value is -3.93. The van der Waals surface area contributed by atoms with Crippen molar-refractivity contribution < 1.29 is 18.7 Å². The molecule has 2 atom stereocenters. The van der Waals surface area contributed by atoms with Gasteiger partial charge in [0, 0.05) is 23.8 Å². The van der Waals surface area contributed by atoms with Gasteiger partial charge in [-0.2, -0.15) is 4.39 Å². The van der Waals surface area contributed by atoms with Gasteiger partial charge in [0.05, 0.1) is 76.7 Å². The van der Waals surface area contributed by atoms with Crippen molar-refractivity contribution in [2.24, 2.45) is 0 Å². The number of imidazole rings is 1. The van der Waals surface area contributed by atoms with Crippen LogP contribution in [-0.4, -0.2) is 111 Å². The highest BCUT2D eigenvalue weighted by atomic mass is 19.1. The maximum absolute atomic E-state index is 16.3. The first kappa shape index (κ1) is 35.5. The first-order valence-corrected chi connectivity index (χ1v) is 17.8. The molecule has 7 rings (SSSR count). The molecule has 0 bridgehead atoms. The first-order valence-electron chi connectivity index (χ1n) is 17.8. The summed E-state index contributed by atoms with van der Waals surface area (Å²) in [5.41, 5.74) is 5.97. The molecule has 5 heterocycles. The summed E-state index contributed by atoms with van der Waals surface area (Å²) in [5, 5.41) is 6.78. The number of ether oxygens (including phenoxy) is 2. The van der Waals surface area contributed by atoms with Gasteiger partial charge in [0.15, 0.2) is 0 Å². The monoisotopic (exact) mass is 683 g/mol. The van der Waals surface area contributed by atoms with Crippen LogP contribution in [0.2, 0.25) is 5.11 Å². The predicted molar refractivity (Wildman–Crippen MR) is 219 cm³/mol. The molecule has 0 saturated heterocycles. The van der Waals surface area contributed by atoms with E-state index in [0.29, 0.717) is 48.3 Å². The van der Waals surface area contributed by atoms with E-state index in [0.717, 1.165) is 33.2 Å². The molecule has 2 N–H and O–H groups in total. The average molecular weight is 682 g/mol. The molecule has 1 fully saturated rings. The number of aromatic amines is 1. The van der Waals surface area contributed by atoms with Crippen LogP contribution in [0.5, 0.6) is 0 Å². The molecule has 1 aromatic carbocycles. The van der Waals surface area contributed by atoms with Crippen LogP contribution in [0, 0.1) is 5.95 Å². The maximum Gasteiger partial charge on any atom is 0.407 e. The Balaban J connectivity index is 1.56. The summed E-state index contributed by atoms with van der Waals surface area (Å²) in [6, 6.07) is 5.91. The molecule has 0 spiro atoms. The molecule has 0 radical (unpaired) electrons. The summed E-state index contributed by atoms with van der Waals surface area (Å²) in [6.07, 6.45) is 4.97. The number of halogens is 1. The molecule has 51 heavy (non-hydrogen) atoms. The predicted octanol–water partition coefficient (Wildman–Crippen LogP) is -3.12. The quantitative estimate of drug-likeness (QED) is 0.176. The summed E-state index contributed by atoms with van der Waals surface area (Å²) in [7, 11) is 17.8. The molecule has 1 aliphatic carbocycles. The highest BCUT2D eigenvalue weighted by molar-refractivity contribution is 6.66. The fourth-order valence-corrected chi connectivity index (χ4v) is 7.81. The van der Waals surface area contributed by atoms with Crippen LogP contribution in [0.15, 0.2) is 35.4 Å². The Kier molecular flexibility index (Phi) is 8.20. The smallest absolute Gasteiger partial charge is 0.407 e. The van der Waals surface area contributed by atoms with Crippen molar-refractivity contribution in [3.63, 3.8) is 0 Å². The van der Waals surface area contributed by atoms with Crippen LogP contribution in [-0.2, 0) is 32.3 Å². The van der Waals surface area contributed by atoms with Gasteiger partial charge < -0.3 is 24.3 Å². The standard InChI is InChI=1S/C31H42B8FN7O4/c1-28(2)18-7-4-13(8-14(18)12-51-28)20-21-23-19(47(31(37,38)39)27(49)46(23)16-6-5-15(9-16)42-26(48)50-3)10-41-25(21)43-22(20)17-11-45(44-24(17)40)30(35,36)29(32,33)34/h4,7-8,10-11,15-16H,5-6,9,12,32-39H2,1-3H3,(H,41,43)(H,42,48)/t15-,16-/m1/s1. The number of carbonyl (C=O) groups is 1. The zero-order valence-electron chi connectivity index (χ0n) is 31.6. The van der Waals surface area contributed by atoms with E-state index in [9.17, 15) is 9.59 Å². The lowest BCUT2D eigenvalue weighted by atomic mass is 9.26. The van der Waals surface area contributed by atoms with E-state index in [1.54, 1.807) is 21.6 Å². The van der Waals surface area contributed by atoms with Crippen LogP contribution < -0.4 is 11.0 Å². The number of methoxy groups -OCH3 is 1. The highest BCUT2D eigenvalue weighted by Gasteiger charge is 2.38. The van der Waals surface area contributed by atoms with Crippen molar-refractivity contribution in [2.75, 3.05) is 7.11 Å². The first-order chi connectivity index (χ1) is 23.7. The molecule has 0 unspecified atom stereocenters. The van der Waals surface area contributed by atoms with Crippen molar-refractivity contribution in [1.82, 2.24) is 34.2 Å². The van der Waals surface area contributed by atoms with Gasteiger partial charge in [0.2, 0.25) is 5.95 Å². The zero-order valence-corrected chi connectivity index (χ0v) is 31.6. The number of nitrogens with one attached hydrogen (secondary N) is 2. The molecule has 1 aliphatic heterocycles. The molecular formula is C31H42B8FN7O4. The molecular weight excluding hydrogens is 640 g/mol. The number of rotatable bonds is 7. The molecule has 20 heteroatoms. The summed E-state index contributed by atoms with van der Waals surface area (Å²) in [4.78, 5) is 35.2. The second-order valence-corrected chi connectivity index (χ2v) is 17.3. The van der Waals surface area contributed by atoms with E-state index in [-0.39, 0.29) is 22.9 Å². The van der Waals surface area contributed by atoms with E-state index in [1.165, 1.54) is 7.11 Å². The number of fused-ring (bicyclic) bond motifs is 4. The van der Waals surface area contributed by atoms with E-state index in [2.05, 4.69) is 86.7 Å². The lowest BCUT2D eigenvalue weighted by Crippen LogP contribution is -2.48. The third-order valence-electron chi connectivity index (χ3n) is 11.6. The Morgan fingerprint density at radius 2 is 1.86 bits per heavy atom. The van der Waals surface area contributed by atoms with Gasteiger partial charge in [-0.05, 0) is 66.4 Å². The van der Waals surface area contributed by atoms with Crippen molar-refractivity contribution in [2.45, 2.75) is 73.1 Å². The molecule has 1 saturated carbocycles.